The summed E-state index contributed by atoms with van der Waals surface area (Å²) in [6.07, 6.45) is 3.72. The van der Waals surface area contributed by atoms with E-state index in [4.69, 9.17) is 5.73 Å². The van der Waals surface area contributed by atoms with Crippen LogP contribution in [0.3, 0.4) is 0 Å². The minimum atomic E-state index is 0.199. The van der Waals surface area contributed by atoms with Gasteiger partial charge in [-0.15, -0.1) is 0 Å². The van der Waals surface area contributed by atoms with Crippen LogP contribution in [0.4, 0.5) is 5.69 Å². The van der Waals surface area contributed by atoms with Crippen LogP contribution in [0.15, 0.2) is 24.3 Å². The van der Waals surface area contributed by atoms with Crippen molar-refractivity contribution in [2.24, 2.45) is 5.92 Å². The Kier molecular flexibility index (Phi) is 4.37. The fourth-order valence-corrected chi connectivity index (χ4v) is 2.52. The highest BCUT2D eigenvalue weighted by atomic mass is 16.1. The fraction of sp³-hybridized carbons (Fsp3) is 0.533. The maximum absolute atomic E-state index is 12.1. The van der Waals surface area contributed by atoms with E-state index in [0.717, 1.165) is 24.6 Å². The Morgan fingerprint density at radius 2 is 1.89 bits per heavy atom. The van der Waals surface area contributed by atoms with E-state index in [1.165, 1.54) is 19.3 Å². The Labute approximate surface area is 109 Å². The highest BCUT2D eigenvalue weighted by molar-refractivity contribution is 5.97. The summed E-state index contributed by atoms with van der Waals surface area (Å²) in [4.78, 5) is 14.4. The van der Waals surface area contributed by atoms with E-state index in [2.05, 4.69) is 11.8 Å². The number of piperidine rings is 1. The number of carbonyl (C=O) groups excluding carboxylic acids is 1. The Morgan fingerprint density at radius 3 is 2.44 bits per heavy atom. The van der Waals surface area contributed by atoms with Crippen molar-refractivity contribution in [2.75, 3.05) is 25.4 Å². The van der Waals surface area contributed by atoms with Gasteiger partial charge in [0.1, 0.15) is 0 Å². The van der Waals surface area contributed by atoms with Crippen LogP contribution in [0, 0.1) is 5.92 Å². The van der Waals surface area contributed by atoms with Gasteiger partial charge in [0.25, 0.3) is 0 Å². The first-order chi connectivity index (χ1) is 8.69. The molecule has 2 rings (SSSR count). The highest BCUT2D eigenvalue weighted by Crippen LogP contribution is 2.20. The van der Waals surface area contributed by atoms with E-state index in [-0.39, 0.29) is 5.78 Å². The minimum absolute atomic E-state index is 0.199. The van der Waals surface area contributed by atoms with Gasteiger partial charge in [-0.1, -0.05) is 13.3 Å². The number of Topliss-reactive ketones (excluding diaryl/α,β-unsaturated/α-hetero) is 1. The number of ketones is 1. The van der Waals surface area contributed by atoms with Crippen molar-refractivity contribution in [3.8, 4) is 0 Å². The molecule has 1 saturated heterocycles. The predicted octanol–water partition coefficient (Wildman–Crippen LogP) is 2.57. The lowest BCUT2D eigenvalue weighted by Crippen LogP contribution is -2.37. The monoisotopic (exact) mass is 246 g/mol. The van der Waals surface area contributed by atoms with Gasteiger partial charge in [0, 0.05) is 11.3 Å². The molecule has 98 valence electrons. The smallest absolute Gasteiger partial charge is 0.176 e. The van der Waals surface area contributed by atoms with Gasteiger partial charge < -0.3 is 5.73 Å². The Balaban J connectivity index is 1.86. The zero-order valence-electron chi connectivity index (χ0n) is 11.1. The molecule has 3 heteroatoms. The number of hydrogen-bond acceptors (Lipinski definition) is 3. The minimum Gasteiger partial charge on any atom is -0.399 e. The maximum atomic E-state index is 12.1. The Bertz CT molecular complexity index is 391. The van der Waals surface area contributed by atoms with Gasteiger partial charge in [0.15, 0.2) is 5.78 Å². The molecule has 0 unspecified atom stereocenters. The molecule has 0 radical (unpaired) electrons. The third-order valence-corrected chi connectivity index (χ3v) is 3.88. The third-order valence-electron chi connectivity index (χ3n) is 3.88. The van der Waals surface area contributed by atoms with Gasteiger partial charge in [0.05, 0.1) is 6.54 Å². The molecular weight excluding hydrogens is 224 g/mol. The summed E-state index contributed by atoms with van der Waals surface area (Å²) >= 11 is 0. The van der Waals surface area contributed by atoms with Crippen LogP contribution in [-0.2, 0) is 0 Å². The standard InChI is InChI=1S/C15H22N2O/c1-2-12-7-9-17(10-8-12)11-15(18)13-3-5-14(16)6-4-13/h3-6,12H,2,7-11,16H2,1H3. The van der Waals surface area contributed by atoms with Gasteiger partial charge >= 0.3 is 0 Å². The molecule has 0 atom stereocenters. The molecule has 0 aliphatic carbocycles. The van der Waals surface area contributed by atoms with Crippen molar-refractivity contribution in [1.29, 1.82) is 0 Å². The highest BCUT2D eigenvalue weighted by Gasteiger charge is 2.19. The van der Waals surface area contributed by atoms with Gasteiger partial charge in [-0.3, -0.25) is 9.69 Å². The second kappa shape index (κ2) is 6.01. The van der Waals surface area contributed by atoms with Crippen LogP contribution in [-0.4, -0.2) is 30.3 Å². The van der Waals surface area contributed by atoms with E-state index in [0.29, 0.717) is 12.2 Å². The van der Waals surface area contributed by atoms with Crippen molar-refractivity contribution in [3.05, 3.63) is 29.8 Å². The van der Waals surface area contributed by atoms with E-state index < -0.39 is 0 Å². The zero-order valence-corrected chi connectivity index (χ0v) is 11.1. The lowest BCUT2D eigenvalue weighted by Gasteiger charge is -2.30. The van der Waals surface area contributed by atoms with Gasteiger partial charge in [-0.05, 0) is 56.1 Å². The molecule has 3 nitrogen and oxygen atoms in total. The van der Waals surface area contributed by atoms with Crippen molar-refractivity contribution < 1.29 is 4.79 Å². The number of carbonyl (C=O) groups is 1. The van der Waals surface area contributed by atoms with Gasteiger partial charge in [0.2, 0.25) is 0 Å². The summed E-state index contributed by atoms with van der Waals surface area (Å²) in [5.41, 5.74) is 7.09. The molecule has 1 aliphatic heterocycles. The van der Waals surface area contributed by atoms with E-state index >= 15 is 0 Å². The number of likely N-dealkylation sites (tertiary alicyclic amines) is 1. The number of anilines is 1. The lowest BCUT2D eigenvalue weighted by atomic mass is 9.94. The van der Waals surface area contributed by atoms with E-state index in [1.807, 2.05) is 12.1 Å². The summed E-state index contributed by atoms with van der Waals surface area (Å²) in [7, 11) is 0. The lowest BCUT2D eigenvalue weighted by molar-refractivity contribution is 0.0894. The average molecular weight is 246 g/mol. The summed E-state index contributed by atoms with van der Waals surface area (Å²) in [6.45, 7) is 4.90. The molecule has 2 N–H and O–H groups in total. The summed E-state index contributed by atoms with van der Waals surface area (Å²) < 4.78 is 0. The SMILES string of the molecule is CCC1CCN(CC(=O)c2ccc(N)cc2)CC1. The van der Waals surface area contributed by atoms with Gasteiger partial charge in [-0.25, -0.2) is 0 Å². The predicted molar refractivity (Wildman–Crippen MR) is 74.6 cm³/mol. The summed E-state index contributed by atoms with van der Waals surface area (Å²) in [5.74, 6) is 1.05. The summed E-state index contributed by atoms with van der Waals surface area (Å²) in [5, 5.41) is 0. The first-order valence-corrected chi connectivity index (χ1v) is 6.80. The van der Waals surface area contributed by atoms with Crippen LogP contribution in [0.25, 0.3) is 0 Å². The van der Waals surface area contributed by atoms with Crippen LogP contribution in [0.1, 0.15) is 36.5 Å². The molecule has 1 aromatic rings. The molecule has 0 amide bonds. The van der Waals surface area contributed by atoms with Crippen LogP contribution in [0.2, 0.25) is 0 Å². The number of nitrogens with zero attached hydrogens (tertiary/aromatic N) is 1. The first-order valence-electron chi connectivity index (χ1n) is 6.80. The molecule has 18 heavy (non-hydrogen) atoms. The Morgan fingerprint density at radius 1 is 1.28 bits per heavy atom. The molecule has 1 fully saturated rings. The molecule has 0 aromatic heterocycles. The van der Waals surface area contributed by atoms with Crippen molar-refractivity contribution in [1.82, 2.24) is 4.90 Å². The van der Waals surface area contributed by atoms with Gasteiger partial charge in [-0.2, -0.15) is 0 Å². The number of nitrogen functional groups attached to an aromatic ring is 1. The fourth-order valence-electron chi connectivity index (χ4n) is 2.52. The quantitative estimate of drug-likeness (QED) is 0.656. The average Bonchev–Trinajstić information content (AvgIpc) is 2.40. The number of benzene rings is 1. The second-order valence-electron chi connectivity index (χ2n) is 5.17. The second-order valence-corrected chi connectivity index (χ2v) is 5.17. The maximum Gasteiger partial charge on any atom is 0.176 e. The molecular formula is C15H22N2O. The van der Waals surface area contributed by atoms with Crippen molar-refractivity contribution in [2.45, 2.75) is 26.2 Å². The van der Waals surface area contributed by atoms with Crippen LogP contribution >= 0.6 is 0 Å². The third kappa shape index (κ3) is 3.33. The molecule has 0 saturated carbocycles. The topological polar surface area (TPSA) is 46.3 Å². The Hall–Kier alpha value is -1.35. The molecule has 1 aliphatic rings. The number of nitrogens with two attached hydrogens (primary N) is 1. The van der Waals surface area contributed by atoms with Crippen LogP contribution < -0.4 is 5.73 Å². The largest absolute Gasteiger partial charge is 0.399 e. The van der Waals surface area contributed by atoms with Crippen molar-refractivity contribution in [3.63, 3.8) is 0 Å². The van der Waals surface area contributed by atoms with Crippen LogP contribution in [0.5, 0.6) is 0 Å². The van der Waals surface area contributed by atoms with E-state index in [1.54, 1.807) is 12.1 Å². The normalized spacial score (nSPS) is 17.8. The molecule has 1 heterocycles. The number of hydrogen-bond donors (Lipinski definition) is 1. The zero-order chi connectivity index (χ0) is 13.0. The summed E-state index contributed by atoms with van der Waals surface area (Å²) in [6, 6.07) is 7.21. The van der Waals surface area contributed by atoms with E-state index in [9.17, 15) is 4.79 Å². The molecule has 1 aromatic carbocycles. The first kappa shape index (κ1) is 13.1. The number of rotatable bonds is 4. The van der Waals surface area contributed by atoms with Crippen molar-refractivity contribution >= 4 is 11.5 Å². The molecule has 0 bridgehead atoms. The molecule has 0 spiro atoms.